The van der Waals surface area contributed by atoms with E-state index in [1.54, 1.807) is 24.7 Å². The van der Waals surface area contributed by atoms with Crippen LogP contribution in [-0.4, -0.2) is 14.7 Å². The fourth-order valence-electron chi connectivity index (χ4n) is 3.18. The molecular weight excluding hydrogens is 279 g/mol. The molecule has 0 radical (unpaired) electrons. The van der Waals surface area contributed by atoms with E-state index in [1.165, 1.54) is 6.07 Å². The van der Waals surface area contributed by atoms with Crippen molar-refractivity contribution in [3.05, 3.63) is 78.1 Å². The molecule has 1 unspecified atom stereocenters. The van der Waals surface area contributed by atoms with Gasteiger partial charge in [0.25, 0.3) is 0 Å². The lowest BCUT2D eigenvalue weighted by Crippen LogP contribution is -2.25. The fraction of sp³-hybridized carbons (Fsp3) is 0.167. The van der Waals surface area contributed by atoms with Crippen LogP contribution in [0.15, 0.2) is 61.1 Å². The summed E-state index contributed by atoms with van der Waals surface area (Å²) in [5.41, 5.74) is 1.54. The molecule has 0 saturated heterocycles. The zero-order valence-corrected chi connectivity index (χ0v) is 11.9. The van der Waals surface area contributed by atoms with Crippen LogP contribution in [0.3, 0.4) is 0 Å². The van der Waals surface area contributed by atoms with Gasteiger partial charge in [0.15, 0.2) is 0 Å². The summed E-state index contributed by atoms with van der Waals surface area (Å²) in [4.78, 5) is 4.06. The van der Waals surface area contributed by atoms with Gasteiger partial charge < -0.3 is 9.67 Å². The van der Waals surface area contributed by atoms with Crippen molar-refractivity contribution >= 4 is 0 Å². The molecule has 0 aliphatic carbocycles. The summed E-state index contributed by atoms with van der Waals surface area (Å²) in [5, 5.41) is 11.1. The number of nitrogens with zero attached hydrogens (tertiary/aromatic N) is 2. The number of fused-ring (bicyclic) bond motifs is 1. The van der Waals surface area contributed by atoms with Gasteiger partial charge in [-0.15, -0.1) is 0 Å². The van der Waals surface area contributed by atoms with Crippen LogP contribution in [0.25, 0.3) is 11.1 Å². The minimum atomic E-state index is -1.31. The van der Waals surface area contributed by atoms with Crippen LogP contribution >= 0.6 is 0 Å². The number of aromatic nitrogens is 2. The molecule has 1 N–H and O–H groups in total. The van der Waals surface area contributed by atoms with Crippen LogP contribution in [0.5, 0.6) is 0 Å². The smallest absolute Gasteiger partial charge is 0.136 e. The first kappa shape index (κ1) is 13.2. The molecule has 4 rings (SSSR count). The van der Waals surface area contributed by atoms with E-state index in [0.717, 1.165) is 11.1 Å². The van der Waals surface area contributed by atoms with Crippen LogP contribution in [0.2, 0.25) is 0 Å². The second-order valence-electron chi connectivity index (χ2n) is 5.64. The van der Waals surface area contributed by atoms with Gasteiger partial charge in [0.1, 0.15) is 11.4 Å². The van der Waals surface area contributed by atoms with Crippen LogP contribution in [-0.2, 0) is 12.1 Å². The van der Waals surface area contributed by atoms with E-state index in [-0.39, 0.29) is 0 Å². The maximum atomic E-state index is 14.4. The Morgan fingerprint density at radius 3 is 2.73 bits per heavy atom. The number of hydrogen-bond acceptors (Lipinski definition) is 2. The Balaban J connectivity index is 1.86. The summed E-state index contributed by atoms with van der Waals surface area (Å²) in [6.45, 7) is 0.640. The molecule has 2 heterocycles. The first-order valence-corrected chi connectivity index (χ1v) is 7.27. The van der Waals surface area contributed by atoms with Crippen LogP contribution in [0.1, 0.15) is 17.7 Å². The van der Waals surface area contributed by atoms with Gasteiger partial charge in [-0.2, -0.15) is 0 Å². The van der Waals surface area contributed by atoms with E-state index < -0.39 is 11.4 Å². The second kappa shape index (κ2) is 4.78. The highest BCUT2D eigenvalue weighted by Crippen LogP contribution is 2.40. The molecule has 110 valence electrons. The van der Waals surface area contributed by atoms with Gasteiger partial charge in [-0.25, -0.2) is 9.37 Å². The van der Waals surface area contributed by atoms with Gasteiger partial charge in [-0.1, -0.05) is 36.4 Å². The summed E-state index contributed by atoms with van der Waals surface area (Å²) in [7, 11) is 0. The minimum absolute atomic E-state index is 0.313. The van der Waals surface area contributed by atoms with Crippen molar-refractivity contribution in [3.63, 3.8) is 0 Å². The Morgan fingerprint density at radius 1 is 1.09 bits per heavy atom. The summed E-state index contributed by atoms with van der Waals surface area (Å²) >= 11 is 0. The normalized spacial score (nSPS) is 20.1. The third-order valence-corrected chi connectivity index (χ3v) is 4.37. The topological polar surface area (TPSA) is 38.0 Å². The van der Waals surface area contributed by atoms with E-state index in [4.69, 9.17) is 0 Å². The Labute approximate surface area is 127 Å². The van der Waals surface area contributed by atoms with Gasteiger partial charge in [0.2, 0.25) is 0 Å². The van der Waals surface area contributed by atoms with Crippen molar-refractivity contribution in [2.45, 2.75) is 18.6 Å². The van der Waals surface area contributed by atoms with Crippen molar-refractivity contribution in [1.29, 1.82) is 0 Å². The molecule has 0 fully saturated rings. The van der Waals surface area contributed by atoms with Crippen molar-refractivity contribution in [1.82, 2.24) is 9.55 Å². The van der Waals surface area contributed by atoms with Crippen molar-refractivity contribution in [3.8, 4) is 11.1 Å². The summed E-state index contributed by atoms with van der Waals surface area (Å²) in [6.07, 6.45) is 3.74. The molecule has 1 aliphatic heterocycles. The van der Waals surface area contributed by atoms with E-state index in [9.17, 15) is 9.50 Å². The largest absolute Gasteiger partial charge is 0.379 e. The lowest BCUT2D eigenvalue weighted by Gasteiger charge is -2.23. The number of hydrogen-bond donors (Lipinski definition) is 1. The number of rotatable bonds is 2. The van der Waals surface area contributed by atoms with E-state index in [1.807, 2.05) is 34.9 Å². The number of imidazole rings is 1. The van der Waals surface area contributed by atoms with E-state index in [2.05, 4.69) is 4.98 Å². The number of aryl methyl sites for hydroxylation is 1. The number of aliphatic hydroxyl groups is 1. The molecule has 0 amide bonds. The number of halogens is 1. The molecule has 3 nitrogen and oxygen atoms in total. The maximum absolute atomic E-state index is 14.4. The first-order chi connectivity index (χ1) is 10.7. The van der Waals surface area contributed by atoms with E-state index in [0.29, 0.717) is 24.2 Å². The maximum Gasteiger partial charge on any atom is 0.136 e. The lowest BCUT2D eigenvalue weighted by atomic mass is 9.87. The number of benzene rings is 2. The zero-order chi connectivity index (χ0) is 15.2. The second-order valence-corrected chi connectivity index (χ2v) is 5.64. The lowest BCUT2D eigenvalue weighted by molar-refractivity contribution is 0.0785. The molecule has 0 spiro atoms. The van der Waals surface area contributed by atoms with E-state index >= 15 is 0 Å². The molecule has 22 heavy (non-hydrogen) atoms. The third-order valence-electron chi connectivity index (χ3n) is 4.37. The average Bonchev–Trinajstić information content (AvgIpc) is 3.14. The monoisotopic (exact) mass is 294 g/mol. The highest BCUT2D eigenvalue weighted by molar-refractivity contribution is 5.65. The van der Waals surface area contributed by atoms with Crippen LogP contribution in [0, 0.1) is 5.82 Å². The SMILES string of the molecule is OC1(c2cc(-c3ccccc3)ccc2F)CCn2cncc21. The molecule has 0 saturated carbocycles. The Kier molecular flexibility index (Phi) is 2.87. The third kappa shape index (κ3) is 1.88. The van der Waals surface area contributed by atoms with Gasteiger partial charge in [-0.05, 0) is 23.3 Å². The first-order valence-electron chi connectivity index (χ1n) is 7.27. The van der Waals surface area contributed by atoms with Gasteiger partial charge in [0, 0.05) is 18.5 Å². The molecule has 4 heteroatoms. The summed E-state index contributed by atoms with van der Waals surface area (Å²) in [5.74, 6) is -0.392. The summed E-state index contributed by atoms with van der Waals surface area (Å²) < 4.78 is 16.3. The van der Waals surface area contributed by atoms with Crippen molar-refractivity contribution in [2.75, 3.05) is 0 Å². The minimum Gasteiger partial charge on any atom is -0.379 e. The molecule has 3 aromatic rings. The van der Waals surface area contributed by atoms with Gasteiger partial charge in [0.05, 0.1) is 18.2 Å². The zero-order valence-electron chi connectivity index (χ0n) is 11.9. The fourth-order valence-corrected chi connectivity index (χ4v) is 3.18. The van der Waals surface area contributed by atoms with Crippen LogP contribution in [0.4, 0.5) is 4.39 Å². The molecule has 1 aromatic heterocycles. The summed E-state index contributed by atoms with van der Waals surface area (Å²) in [6, 6.07) is 14.7. The highest BCUT2D eigenvalue weighted by Gasteiger charge is 2.41. The molecular formula is C18H15FN2O. The average molecular weight is 294 g/mol. The standard InChI is InChI=1S/C18H15FN2O/c19-16-7-6-14(13-4-2-1-3-5-13)10-15(16)18(22)8-9-21-12-20-11-17(18)21/h1-7,10-12,22H,8-9H2. The predicted octanol–water partition coefficient (Wildman–Crippen LogP) is 3.33. The molecule has 1 atom stereocenters. The van der Waals surface area contributed by atoms with Gasteiger partial charge >= 0.3 is 0 Å². The van der Waals surface area contributed by atoms with Crippen LogP contribution < -0.4 is 0 Å². The van der Waals surface area contributed by atoms with Crippen molar-refractivity contribution in [2.24, 2.45) is 0 Å². The Bertz CT molecular complexity index is 828. The van der Waals surface area contributed by atoms with Crippen molar-refractivity contribution < 1.29 is 9.50 Å². The molecule has 2 aromatic carbocycles. The Hall–Kier alpha value is -2.46. The molecule has 0 bridgehead atoms. The quantitative estimate of drug-likeness (QED) is 0.787. The Morgan fingerprint density at radius 2 is 1.91 bits per heavy atom. The highest BCUT2D eigenvalue weighted by atomic mass is 19.1. The predicted molar refractivity (Wildman–Crippen MR) is 81.7 cm³/mol. The van der Waals surface area contributed by atoms with Gasteiger partial charge in [-0.3, -0.25) is 0 Å². The molecule has 1 aliphatic rings.